The van der Waals surface area contributed by atoms with Crippen LogP contribution in [-0.4, -0.2) is 24.2 Å². The van der Waals surface area contributed by atoms with Crippen LogP contribution in [0, 0.1) is 5.41 Å². The summed E-state index contributed by atoms with van der Waals surface area (Å²) in [7, 11) is 0. The number of hydrogen-bond donors (Lipinski definition) is 2. The minimum Gasteiger partial charge on any atom is -0.396 e. The van der Waals surface area contributed by atoms with Crippen molar-refractivity contribution in [3.8, 4) is 0 Å². The molecule has 2 N–H and O–H groups in total. The molecule has 1 saturated carbocycles. The Morgan fingerprint density at radius 1 is 1.47 bits per heavy atom. The second-order valence-corrected chi connectivity index (χ2v) is 7.11. The van der Waals surface area contributed by atoms with Crippen molar-refractivity contribution in [2.45, 2.75) is 25.7 Å². The maximum Gasteiger partial charge on any atom is 0.261 e. The third kappa shape index (κ3) is 3.09. The maximum absolute atomic E-state index is 11.9. The molecule has 1 fully saturated rings. The Morgan fingerprint density at radius 2 is 2.18 bits per heavy atom. The number of thiophene rings is 1. The van der Waals surface area contributed by atoms with Gasteiger partial charge in [-0.3, -0.25) is 4.79 Å². The summed E-state index contributed by atoms with van der Waals surface area (Å²) in [6.07, 6.45) is 4.33. The van der Waals surface area contributed by atoms with Gasteiger partial charge in [0.05, 0.1) is 15.3 Å². The lowest BCUT2D eigenvalue weighted by atomic mass is 9.87. The summed E-state index contributed by atoms with van der Waals surface area (Å²) >= 11 is 4.77. The number of aliphatic hydroxyl groups is 1. The monoisotopic (exact) mass is 317 g/mol. The molecule has 1 heterocycles. The van der Waals surface area contributed by atoms with Crippen molar-refractivity contribution in [3.63, 3.8) is 0 Å². The Labute approximate surface area is 113 Å². The van der Waals surface area contributed by atoms with Crippen molar-refractivity contribution >= 4 is 33.2 Å². The average molecular weight is 318 g/mol. The van der Waals surface area contributed by atoms with E-state index in [2.05, 4.69) is 21.2 Å². The summed E-state index contributed by atoms with van der Waals surface area (Å²) in [6, 6.07) is 3.68. The Hall–Kier alpha value is -0.390. The molecular weight excluding hydrogens is 302 g/mol. The van der Waals surface area contributed by atoms with Crippen LogP contribution in [0.2, 0.25) is 0 Å². The lowest BCUT2D eigenvalue weighted by Crippen LogP contribution is -2.38. The molecule has 3 nitrogen and oxygen atoms in total. The summed E-state index contributed by atoms with van der Waals surface area (Å²) < 4.78 is 0.959. The van der Waals surface area contributed by atoms with Crippen LogP contribution in [0.5, 0.6) is 0 Å². The fourth-order valence-corrected chi connectivity index (χ4v) is 3.61. The van der Waals surface area contributed by atoms with Gasteiger partial charge >= 0.3 is 0 Å². The SMILES string of the molecule is O=C(NCC1(CO)CCCC1)c1ccc(Br)s1. The molecule has 0 spiro atoms. The molecule has 0 atom stereocenters. The highest BCUT2D eigenvalue weighted by Crippen LogP contribution is 2.37. The van der Waals surface area contributed by atoms with Gasteiger partial charge in [0, 0.05) is 12.0 Å². The van der Waals surface area contributed by atoms with E-state index < -0.39 is 0 Å². The van der Waals surface area contributed by atoms with Crippen molar-refractivity contribution in [3.05, 3.63) is 20.8 Å². The first-order valence-electron chi connectivity index (χ1n) is 5.80. The van der Waals surface area contributed by atoms with Crippen LogP contribution >= 0.6 is 27.3 Å². The number of carbonyl (C=O) groups is 1. The summed E-state index contributed by atoms with van der Waals surface area (Å²) in [4.78, 5) is 12.6. The molecule has 1 aromatic rings. The van der Waals surface area contributed by atoms with Crippen LogP contribution < -0.4 is 5.32 Å². The number of halogens is 1. The highest BCUT2D eigenvalue weighted by atomic mass is 79.9. The molecule has 17 heavy (non-hydrogen) atoms. The van der Waals surface area contributed by atoms with Crippen molar-refractivity contribution < 1.29 is 9.90 Å². The Morgan fingerprint density at radius 3 is 2.71 bits per heavy atom. The molecule has 1 aliphatic rings. The van der Waals surface area contributed by atoms with Crippen molar-refractivity contribution in [2.24, 2.45) is 5.41 Å². The molecular formula is C12H16BrNO2S. The van der Waals surface area contributed by atoms with E-state index >= 15 is 0 Å². The molecule has 0 radical (unpaired) electrons. The standard InChI is InChI=1S/C12H16BrNO2S/c13-10-4-3-9(17-10)11(16)14-7-12(8-15)5-1-2-6-12/h3-4,15H,1-2,5-8H2,(H,14,16). The van der Waals surface area contributed by atoms with E-state index in [1.165, 1.54) is 11.3 Å². The van der Waals surface area contributed by atoms with E-state index in [0.29, 0.717) is 11.4 Å². The number of amides is 1. The number of hydrogen-bond acceptors (Lipinski definition) is 3. The highest BCUT2D eigenvalue weighted by Gasteiger charge is 2.33. The molecule has 0 aromatic carbocycles. The number of rotatable bonds is 4. The normalized spacial score (nSPS) is 18.2. The summed E-state index contributed by atoms with van der Waals surface area (Å²) in [6.45, 7) is 0.749. The van der Waals surface area contributed by atoms with E-state index in [0.717, 1.165) is 29.5 Å². The smallest absolute Gasteiger partial charge is 0.261 e. The van der Waals surface area contributed by atoms with E-state index in [1.807, 2.05) is 12.1 Å². The van der Waals surface area contributed by atoms with Gasteiger partial charge in [0.25, 0.3) is 5.91 Å². The largest absolute Gasteiger partial charge is 0.396 e. The lowest BCUT2D eigenvalue weighted by molar-refractivity contribution is 0.0884. The first kappa shape index (κ1) is 13.1. The van der Waals surface area contributed by atoms with Crippen LogP contribution in [0.25, 0.3) is 0 Å². The Kier molecular flexibility index (Phi) is 4.22. The third-order valence-electron chi connectivity index (χ3n) is 3.42. The quantitative estimate of drug-likeness (QED) is 0.897. The zero-order valence-electron chi connectivity index (χ0n) is 9.54. The van der Waals surface area contributed by atoms with E-state index in [-0.39, 0.29) is 17.9 Å². The molecule has 0 bridgehead atoms. The first-order chi connectivity index (χ1) is 8.15. The molecule has 0 saturated heterocycles. The predicted molar refractivity (Wildman–Crippen MR) is 72.3 cm³/mol. The zero-order chi connectivity index (χ0) is 12.3. The Balaban J connectivity index is 1.91. The first-order valence-corrected chi connectivity index (χ1v) is 7.41. The van der Waals surface area contributed by atoms with Crippen molar-refractivity contribution in [2.75, 3.05) is 13.2 Å². The minimum atomic E-state index is -0.0792. The van der Waals surface area contributed by atoms with Gasteiger partial charge in [0.15, 0.2) is 0 Å². The molecule has 0 aliphatic heterocycles. The highest BCUT2D eigenvalue weighted by molar-refractivity contribution is 9.11. The van der Waals surface area contributed by atoms with E-state index in [9.17, 15) is 9.90 Å². The number of carbonyl (C=O) groups excluding carboxylic acids is 1. The molecule has 5 heteroatoms. The summed E-state index contributed by atoms with van der Waals surface area (Å²) in [5.74, 6) is -0.0413. The lowest BCUT2D eigenvalue weighted by Gasteiger charge is -2.26. The van der Waals surface area contributed by atoms with Gasteiger partial charge < -0.3 is 10.4 Å². The van der Waals surface area contributed by atoms with Crippen LogP contribution in [0.3, 0.4) is 0 Å². The summed E-state index contributed by atoms with van der Waals surface area (Å²) in [5, 5.41) is 12.4. The zero-order valence-corrected chi connectivity index (χ0v) is 11.9. The second kappa shape index (κ2) is 5.50. The van der Waals surface area contributed by atoms with E-state index in [4.69, 9.17) is 0 Å². The number of aliphatic hydroxyl groups excluding tert-OH is 1. The van der Waals surface area contributed by atoms with Gasteiger partial charge in [0.1, 0.15) is 0 Å². The van der Waals surface area contributed by atoms with Gasteiger partial charge in [-0.1, -0.05) is 12.8 Å². The molecule has 1 aliphatic carbocycles. The molecule has 2 rings (SSSR count). The fraction of sp³-hybridized carbons (Fsp3) is 0.583. The maximum atomic E-state index is 11.9. The van der Waals surface area contributed by atoms with Gasteiger partial charge in [-0.05, 0) is 40.9 Å². The van der Waals surface area contributed by atoms with Gasteiger partial charge in [-0.25, -0.2) is 0 Å². The molecule has 1 amide bonds. The summed E-state index contributed by atoms with van der Waals surface area (Å²) in [5.41, 5.74) is -0.0792. The van der Waals surface area contributed by atoms with Crippen LogP contribution in [0.4, 0.5) is 0 Å². The van der Waals surface area contributed by atoms with Crippen LogP contribution in [-0.2, 0) is 0 Å². The van der Waals surface area contributed by atoms with Gasteiger partial charge in [-0.2, -0.15) is 0 Å². The van der Waals surface area contributed by atoms with Gasteiger partial charge in [-0.15, -0.1) is 11.3 Å². The molecule has 1 aromatic heterocycles. The van der Waals surface area contributed by atoms with Crippen molar-refractivity contribution in [1.82, 2.24) is 5.32 Å². The van der Waals surface area contributed by atoms with Crippen molar-refractivity contribution in [1.29, 1.82) is 0 Å². The third-order valence-corrected chi connectivity index (χ3v) is 5.04. The van der Waals surface area contributed by atoms with E-state index in [1.54, 1.807) is 0 Å². The van der Waals surface area contributed by atoms with Crippen LogP contribution in [0.1, 0.15) is 35.4 Å². The minimum absolute atomic E-state index is 0.0413. The number of nitrogens with one attached hydrogen (secondary N) is 1. The second-order valence-electron chi connectivity index (χ2n) is 4.65. The van der Waals surface area contributed by atoms with Gasteiger partial charge in [0.2, 0.25) is 0 Å². The topological polar surface area (TPSA) is 49.3 Å². The van der Waals surface area contributed by atoms with Crippen LogP contribution in [0.15, 0.2) is 15.9 Å². The average Bonchev–Trinajstić information content (AvgIpc) is 2.95. The Bertz CT molecular complexity index is 399. The fourth-order valence-electron chi connectivity index (χ4n) is 2.31. The molecule has 0 unspecified atom stereocenters. The molecule has 94 valence electrons. The predicted octanol–water partition coefficient (Wildman–Crippen LogP) is 2.79.